The van der Waals surface area contributed by atoms with Gasteiger partial charge in [0, 0.05) is 16.0 Å². The lowest BCUT2D eigenvalue weighted by molar-refractivity contribution is 0.405. The van der Waals surface area contributed by atoms with Crippen LogP contribution in [0.3, 0.4) is 0 Å². The minimum Gasteiger partial charge on any atom is -0.495 e. The van der Waals surface area contributed by atoms with E-state index in [1.807, 2.05) is 18.2 Å². The van der Waals surface area contributed by atoms with Gasteiger partial charge in [-0.1, -0.05) is 0 Å². The Hall–Kier alpha value is -1.39. The molecule has 3 nitrogen and oxygen atoms in total. The first-order chi connectivity index (χ1) is 7.72. The van der Waals surface area contributed by atoms with E-state index >= 15 is 0 Å². The van der Waals surface area contributed by atoms with E-state index in [1.165, 1.54) is 4.88 Å². The van der Waals surface area contributed by atoms with Gasteiger partial charge in [0.1, 0.15) is 11.4 Å². The predicted molar refractivity (Wildman–Crippen MR) is 65.9 cm³/mol. The number of ether oxygens (including phenoxy) is 1. The summed E-state index contributed by atoms with van der Waals surface area (Å²) in [7, 11) is 1.63. The van der Waals surface area contributed by atoms with E-state index < -0.39 is 0 Å². The molecule has 0 saturated heterocycles. The van der Waals surface area contributed by atoms with Crippen molar-refractivity contribution in [3.8, 4) is 5.75 Å². The van der Waals surface area contributed by atoms with Gasteiger partial charge < -0.3 is 10.5 Å². The van der Waals surface area contributed by atoms with Gasteiger partial charge in [0.15, 0.2) is 0 Å². The maximum atomic E-state index is 6.17. The highest BCUT2D eigenvalue weighted by molar-refractivity contribution is 7.12. The molecule has 2 rings (SSSR count). The molecule has 4 heteroatoms. The number of thiophene rings is 1. The largest absolute Gasteiger partial charge is 0.495 e. The van der Waals surface area contributed by atoms with E-state index in [0.717, 1.165) is 16.3 Å². The molecule has 0 saturated carbocycles. The van der Waals surface area contributed by atoms with Gasteiger partial charge in [-0.15, -0.1) is 11.3 Å². The molecule has 1 atom stereocenters. The van der Waals surface area contributed by atoms with Crippen LogP contribution in [0.15, 0.2) is 30.5 Å². The highest BCUT2D eigenvalue weighted by Crippen LogP contribution is 2.29. The third-order valence-electron chi connectivity index (χ3n) is 2.38. The summed E-state index contributed by atoms with van der Waals surface area (Å²) < 4.78 is 5.26. The first-order valence-electron chi connectivity index (χ1n) is 5.03. The second-order valence-corrected chi connectivity index (χ2v) is 4.84. The second-order valence-electron chi connectivity index (χ2n) is 3.52. The molecule has 0 aliphatic carbocycles. The van der Waals surface area contributed by atoms with Gasteiger partial charge in [-0.2, -0.15) is 0 Å². The van der Waals surface area contributed by atoms with Crippen LogP contribution in [0, 0.1) is 6.92 Å². The number of pyridine rings is 1. The Morgan fingerprint density at radius 1 is 1.38 bits per heavy atom. The zero-order chi connectivity index (χ0) is 11.5. The molecule has 84 valence electrons. The van der Waals surface area contributed by atoms with E-state index in [-0.39, 0.29) is 6.04 Å². The number of rotatable bonds is 3. The lowest BCUT2D eigenvalue weighted by Crippen LogP contribution is -2.13. The number of methoxy groups -OCH3 is 1. The second kappa shape index (κ2) is 4.63. The van der Waals surface area contributed by atoms with Crippen LogP contribution in [-0.2, 0) is 0 Å². The van der Waals surface area contributed by atoms with Crippen molar-refractivity contribution in [2.24, 2.45) is 5.73 Å². The fourth-order valence-corrected chi connectivity index (χ4v) is 2.45. The van der Waals surface area contributed by atoms with Crippen molar-refractivity contribution in [3.05, 3.63) is 45.9 Å². The summed E-state index contributed by atoms with van der Waals surface area (Å²) in [5.74, 6) is 0.737. The van der Waals surface area contributed by atoms with Crippen molar-refractivity contribution in [1.29, 1.82) is 0 Å². The van der Waals surface area contributed by atoms with Crippen LogP contribution in [0.4, 0.5) is 0 Å². The van der Waals surface area contributed by atoms with E-state index in [9.17, 15) is 0 Å². The number of aryl methyl sites for hydroxylation is 1. The predicted octanol–water partition coefficient (Wildman–Crippen LogP) is 2.51. The molecule has 2 aromatic rings. The van der Waals surface area contributed by atoms with Crippen molar-refractivity contribution >= 4 is 11.3 Å². The molecule has 1 unspecified atom stereocenters. The fraction of sp³-hybridized carbons (Fsp3) is 0.250. The average molecular weight is 234 g/mol. The van der Waals surface area contributed by atoms with Gasteiger partial charge in [-0.3, -0.25) is 4.98 Å². The van der Waals surface area contributed by atoms with Crippen LogP contribution in [0.1, 0.15) is 21.5 Å². The summed E-state index contributed by atoms with van der Waals surface area (Å²) in [4.78, 5) is 6.65. The summed E-state index contributed by atoms with van der Waals surface area (Å²) in [6, 6.07) is 7.61. The molecule has 0 radical (unpaired) electrons. The molecular weight excluding hydrogens is 220 g/mol. The molecular formula is C12H14N2OS. The maximum absolute atomic E-state index is 6.17. The van der Waals surface area contributed by atoms with Crippen molar-refractivity contribution in [2.75, 3.05) is 7.11 Å². The quantitative estimate of drug-likeness (QED) is 0.887. The molecule has 0 aliphatic rings. The van der Waals surface area contributed by atoms with E-state index in [1.54, 1.807) is 24.6 Å². The Balaban J connectivity index is 2.36. The van der Waals surface area contributed by atoms with Crippen LogP contribution < -0.4 is 10.5 Å². The first-order valence-corrected chi connectivity index (χ1v) is 5.85. The topological polar surface area (TPSA) is 48.1 Å². The van der Waals surface area contributed by atoms with Gasteiger partial charge in [-0.05, 0) is 31.2 Å². The minimum atomic E-state index is -0.213. The Labute approximate surface area is 98.9 Å². The molecule has 16 heavy (non-hydrogen) atoms. The van der Waals surface area contributed by atoms with E-state index in [4.69, 9.17) is 10.5 Å². The summed E-state index contributed by atoms with van der Waals surface area (Å²) in [6.07, 6.45) is 1.73. The van der Waals surface area contributed by atoms with Gasteiger partial charge in [-0.25, -0.2) is 0 Å². The lowest BCUT2D eigenvalue weighted by Gasteiger charge is -2.12. The van der Waals surface area contributed by atoms with Crippen molar-refractivity contribution in [3.63, 3.8) is 0 Å². The fourth-order valence-electron chi connectivity index (χ4n) is 1.56. The third-order valence-corrected chi connectivity index (χ3v) is 3.47. The van der Waals surface area contributed by atoms with Crippen molar-refractivity contribution in [2.45, 2.75) is 13.0 Å². The normalized spacial score (nSPS) is 12.4. The van der Waals surface area contributed by atoms with Gasteiger partial charge >= 0.3 is 0 Å². The Morgan fingerprint density at radius 3 is 2.81 bits per heavy atom. The van der Waals surface area contributed by atoms with E-state index in [0.29, 0.717) is 0 Å². The van der Waals surface area contributed by atoms with Crippen molar-refractivity contribution < 1.29 is 4.74 Å². The summed E-state index contributed by atoms with van der Waals surface area (Å²) in [5, 5.41) is 0. The lowest BCUT2D eigenvalue weighted by atomic mass is 10.1. The van der Waals surface area contributed by atoms with Crippen LogP contribution >= 0.6 is 11.3 Å². The van der Waals surface area contributed by atoms with Crippen LogP contribution in [0.2, 0.25) is 0 Å². The highest BCUT2D eigenvalue weighted by atomic mass is 32.1. The zero-order valence-electron chi connectivity index (χ0n) is 9.31. The number of hydrogen-bond acceptors (Lipinski definition) is 4. The molecule has 2 N–H and O–H groups in total. The molecule has 0 aliphatic heterocycles. The maximum Gasteiger partial charge on any atom is 0.142 e. The van der Waals surface area contributed by atoms with Crippen molar-refractivity contribution in [1.82, 2.24) is 4.98 Å². The molecule has 0 aromatic carbocycles. The minimum absolute atomic E-state index is 0.213. The summed E-state index contributed by atoms with van der Waals surface area (Å²) in [5.41, 5.74) is 6.96. The molecule has 0 spiro atoms. The molecule has 0 fully saturated rings. The third kappa shape index (κ3) is 2.08. The zero-order valence-corrected chi connectivity index (χ0v) is 10.1. The first kappa shape index (κ1) is 11.1. The van der Waals surface area contributed by atoms with Gasteiger partial charge in [0.2, 0.25) is 0 Å². The Kier molecular flexibility index (Phi) is 3.22. The summed E-state index contributed by atoms with van der Waals surface area (Å²) >= 11 is 1.69. The van der Waals surface area contributed by atoms with Crippen LogP contribution in [0.5, 0.6) is 5.75 Å². The van der Waals surface area contributed by atoms with E-state index in [2.05, 4.69) is 18.0 Å². The van der Waals surface area contributed by atoms with Crippen LogP contribution in [0.25, 0.3) is 0 Å². The van der Waals surface area contributed by atoms with Gasteiger partial charge in [0.05, 0.1) is 13.2 Å². The molecule has 0 amide bonds. The molecule has 2 aromatic heterocycles. The number of nitrogens with two attached hydrogens (primary N) is 1. The average Bonchev–Trinajstić information content (AvgIpc) is 2.75. The van der Waals surface area contributed by atoms with Gasteiger partial charge in [0.25, 0.3) is 0 Å². The smallest absolute Gasteiger partial charge is 0.142 e. The molecule has 0 bridgehead atoms. The summed E-state index contributed by atoms with van der Waals surface area (Å²) in [6.45, 7) is 2.07. The standard InChI is InChI=1S/C12H14N2OS/c1-8-5-6-10(16-8)11(13)12-9(15-2)4-3-7-14-12/h3-7,11H,13H2,1-2H3. The monoisotopic (exact) mass is 234 g/mol. The molecule has 2 heterocycles. The Bertz CT molecular complexity index is 481. The SMILES string of the molecule is COc1cccnc1C(N)c1ccc(C)s1. The highest BCUT2D eigenvalue weighted by Gasteiger charge is 2.16. The number of aromatic nitrogens is 1. The number of hydrogen-bond donors (Lipinski definition) is 1. The number of nitrogens with zero attached hydrogens (tertiary/aromatic N) is 1. The van der Waals surface area contributed by atoms with Crippen LogP contribution in [-0.4, -0.2) is 12.1 Å². The Morgan fingerprint density at radius 2 is 2.19 bits per heavy atom.